The van der Waals surface area contributed by atoms with E-state index in [1.165, 1.54) is 11.3 Å². The predicted molar refractivity (Wildman–Crippen MR) is 102 cm³/mol. The Bertz CT molecular complexity index is 892. The van der Waals surface area contributed by atoms with Gasteiger partial charge in [0.25, 0.3) is 0 Å². The van der Waals surface area contributed by atoms with Gasteiger partial charge in [0.1, 0.15) is 0 Å². The summed E-state index contributed by atoms with van der Waals surface area (Å²) in [6.45, 7) is 0.864. The topological polar surface area (TPSA) is 46.6 Å². The Morgan fingerprint density at radius 2 is 1.59 bits per heavy atom. The molecule has 2 fully saturated rings. The Morgan fingerprint density at radius 1 is 0.889 bits per heavy atom. The number of carbonyl (C=O) groups is 2. The van der Waals surface area contributed by atoms with Gasteiger partial charge in [-0.1, -0.05) is 60.7 Å². The van der Waals surface area contributed by atoms with Gasteiger partial charge in [-0.15, -0.1) is 0 Å². The van der Waals surface area contributed by atoms with Gasteiger partial charge in [0.05, 0.1) is 17.9 Å². The van der Waals surface area contributed by atoms with Gasteiger partial charge in [-0.25, -0.2) is 0 Å². The minimum atomic E-state index is -0.352. The average molecular weight is 359 g/mol. The van der Waals surface area contributed by atoms with Crippen molar-refractivity contribution in [1.29, 1.82) is 0 Å². The van der Waals surface area contributed by atoms with Crippen LogP contribution in [0.15, 0.2) is 72.8 Å². The van der Waals surface area contributed by atoms with Crippen molar-refractivity contribution in [2.24, 2.45) is 23.7 Å². The maximum Gasteiger partial charge on any atom is 0.318 e. The predicted octanol–water partition coefficient (Wildman–Crippen LogP) is 3.76. The summed E-state index contributed by atoms with van der Waals surface area (Å²) in [6.07, 6.45) is 4.81. The third kappa shape index (κ3) is 2.59. The number of fused-ring (bicyclic) bond motifs is 1. The van der Waals surface area contributed by atoms with Crippen LogP contribution in [0, 0.1) is 23.7 Å². The molecule has 0 bridgehead atoms. The number of ether oxygens (including phenoxy) is 1. The molecule has 2 heterocycles. The van der Waals surface area contributed by atoms with Gasteiger partial charge < -0.3 is 9.64 Å². The van der Waals surface area contributed by atoms with E-state index in [0.29, 0.717) is 6.42 Å². The lowest BCUT2D eigenvalue weighted by molar-refractivity contribution is -0.154. The molecule has 0 spiro atoms. The number of hydrogen-bond donors (Lipinski definition) is 0. The van der Waals surface area contributed by atoms with E-state index in [4.69, 9.17) is 4.74 Å². The van der Waals surface area contributed by atoms with E-state index in [2.05, 4.69) is 53.5 Å². The SMILES string of the molecule is O=C1OC(=O)[C@H]2CC=C[C@H]([C@H]3CN(c4ccccc4)[C@@H]3c3ccccc3)[C@@H]12. The molecule has 2 aromatic carbocycles. The van der Waals surface area contributed by atoms with Gasteiger partial charge in [0.15, 0.2) is 0 Å². The van der Waals surface area contributed by atoms with Crippen LogP contribution in [0.2, 0.25) is 0 Å². The van der Waals surface area contributed by atoms with Crippen molar-refractivity contribution in [1.82, 2.24) is 0 Å². The number of benzene rings is 2. The first-order chi connectivity index (χ1) is 13.2. The molecule has 0 radical (unpaired) electrons. The molecule has 2 saturated heterocycles. The monoisotopic (exact) mass is 359 g/mol. The van der Waals surface area contributed by atoms with Crippen molar-refractivity contribution in [3.8, 4) is 0 Å². The second-order valence-electron chi connectivity index (χ2n) is 7.62. The highest BCUT2D eigenvalue weighted by molar-refractivity contribution is 5.97. The van der Waals surface area contributed by atoms with Crippen LogP contribution in [0.1, 0.15) is 18.0 Å². The Morgan fingerprint density at radius 3 is 2.33 bits per heavy atom. The van der Waals surface area contributed by atoms with Crippen molar-refractivity contribution in [3.63, 3.8) is 0 Å². The molecule has 2 aromatic rings. The summed E-state index contributed by atoms with van der Waals surface area (Å²) in [5, 5.41) is 0. The maximum absolute atomic E-state index is 12.4. The molecule has 0 amide bonds. The minimum Gasteiger partial charge on any atom is -0.393 e. The second-order valence-corrected chi connectivity index (χ2v) is 7.62. The Balaban J connectivity index is 1.50. The van der Waals surface area contributed by atoms with Crippen LogP contribution < -0.4 is 4.90 Å². The van der Waals surface area contributed by atoms with E-state index in [1.807, 2.05) is 24.3 Å². The fraction of sp³-hybridized carbons (Fsp3) is 0.304. The number of para-hydroxylation sites is 1. The number of carbonyl (C=O) groups excluding carboxylic acids is 2. The fourth-order valence-electron chi connectivity index (χ4n) is 4.96. The van der Waals surface area contributed by atoms with E-state index in [9.17, 15) is 9.59 Å². The highest BCUT2D eigenvalue weighted by Crippen LogP contribution is 2.51. The van der Waals surface area contributed by atoms with Crippen molar-refractivity contribution >= 4 is 17.6 Å². The maximum atomic E-state index is 12.4. The van der Waals surface area contributed by atoms with Gasteiger partial charge in [-0.2, -0.15) is 0 Å². The summed E-state index contributed by atoms with van der Waals surface area (Å²) >= 11 is 0. The second kappa shape index (κ2) is 6.38. The number of esters is 2. The molecular weight excluding hydrogens is 338 g/mol. The van der Waals surface area contributed by atoms with Crippen molar-refractivity contribution < 1.29 is 14.3 Å². The number of hydrogen-bond acceptors (Lipinski definition) is 4. The average Bonchev–Trinajstić information content (AvgIpc) is 2.97. The first-order valence-electron chi connectivity index (χ1n) is 9.53. The van der Waals surface area contributed by atoms with Crippen molar-refractivity contribution in [2.75, 3.05) is 11.4 Å². The summed E-state index contributed by atoms with van der Waals surface area (Å²) in [7, 11) is 0. The first-order valence-corrected chi connectivity index (χ1v) is 9.53. The third-order valence-electron chi connectivity index (χ3n) is 6.24. The first kappa shape index (κ1) is 16.3. The van der Waals surface area contributed by atoms with Crippen LogP contribution in [0.25, 0.3) is 0 Å². The fourth-order valence-corrected chi connectivity index (χ4v) is 4.96. The lowest BCUT2D eigenvalue weighted by Crippen LogP contribution is -2.55. The van der Waals surface area contributed by atoms with E-state index >= 15 is 0 Å². The number of nitrogens with zero attached hydrogens (tertiary/aromatic N) is 1. The van der Waals surface area contributed by atoms with Crippen molar-refractivity contribution in [3.05, 3.63) is 78.4 Å². The quantitative estimate of drug-likeness (QED) is 0.476. The number of anilines is 1. The summed E-state index contributed by atoms with van der Waals surface area (Å²) in [4.78, 5) is 26.8. The molecule has 0 N–H and O–H groups in total. The lowest BCUT2D eigenvalue weighted by atomic mass is 9.65. The molecule has 0 aromatic heterocycles. The number of cyclic esters (lactones) is 2. The van der Waals surface area contributed by atoms with Gasteiger partial charge in [-0.3, -0.25) is 9.59 Å². The molecule has 4 heteroatoms. The normalized spacial score (nSPS) is 32.0. The molecule has 2 aliphatic heterocycles. The third-order valence-corrected chi connectivity index (χ3v) is 6.24. The highest BCUT2D eigenvalue weighted by Gasteiger charge is 2.55. The highest BCUT2D eigenvalue weighted by atomic mass is 16.6. The number of allylic oxidation sites excluding steroid dienone is 2. The molecule has 4 nitrogen and oxygen atoms in total. The Hall–Kier alpha value is -2.88. The van der Waals surface area contributed by atoms with Crippen molar-refractivity contribution in [2.45, 2.75) is 12.5 Å². The van der Waals surface area contributed by atoms with Crippen LogP contribution in [-0.2, 0) is 14.3 Å². The summed E-state index contributed by atoms with van der Waals surface area (Å²) in [6, 6.07) is 21.0. The lowest BCUT2D eigenvalue weighted by Gasteiger charge is -2.54. The molecule has 0 unspecified atom stereocenters. The molecule has 1 aliphatic carbocycles. The molecule has 3 aliphatic rings. The molecule has 136 valence electrons. The summed E-state index contributed by atoms with van der Waals surface area (Å²) in [5.74, 6) is -1.03. The van der Waals surface area contributed by atoms with Crippen LogP contribution in [-0.4, -0.2) is 18.5 Å². The van der Waals surface area contributed by atoms with E-state index in [0.717, 1.165) is 6.54 Å². The minimum absolute atomic E-state index is 0.0351. The van der Waals surface area contributed by atoms with Gasteiger partial charge in [-0.05, 0) is 30.0 Å². The largest absolute Gasteiger partial charge is 0.393 e. The van der Waals surface area contributed by atoms with Crippen LogP contribution in [0.4, 0.5) is 5.69 Å². The zero-order chi connectivity index (χ0) is 18.4. The van der Waals surface area contributed by atoms with Gasteiger partial charge in [0.2, 0.25) is 0 Å². The smallest absolute Gasteiger partial charge is 0.318 e. The van der Waals surface area contributed by atoms with E-state index in [1.54, 1.807) is 0 Å². The van der Waals surface area contributed by atoms with E-state index in [-0.39, 0.29) is 41.7 Å². The van der Waals surface area contributed by atoms with Gasteiger partial charge in [0, 0.05) is 18.2 Å². The molecule has 5 rings (SSSR count). The molecule has 0 saturated carbocycles. The van der Waals surface area contributed by atoms with Crippen LogP contribution >= 0.6 is 0 Å². The number of rotatable bonds is 3. The van der Waals surface area contributed by atoms with Crippen LogP contribution in [0.5, 0.6) is 0 Å². The zero-order valence-corrected chi connectivity index (χ0v) is 14.9. The molecule has 27 heavy (non-hydrogen) atoms. The van der Waals surface area contributed by atoms with Gasteiger partial charge >= 0.3 is 11.9 Å². The Labute approximate surface area is 158 Å². The standard InChI is InChI=1S/C23H21NO3/c25-22-18-13-7-12-17(20(18)23(26)27-22)19-14-24(16-10-5-2-6-11-16)21(19)15-8-3-1-4-9-15/h1-12,17-21H,13-14H2/t17-,18+,19-,20-,21-/m1/s1. The Kier molecular flexibility index (Phi) is 3.85. The summed E-state index contributed by atoms with van der Waals surface area (Å²) in [5.41, 5.74) is 2.43. The summed E-state index contributed by atoms with van der Waals surface area (Å²) < 4.78 is 4.98. The van der Waals surface area contributed by atoms with E-state index < -0.39 is 0 Å². The molecule has 5 atom stereocenters. The molecular formula is C23H21NO3. The van der Waals surface area contributed by atoms with Crippen LogP contribution in [0.3, 0.4) is 0 Å². The zero-order valence-electron chi connectivity index (χ0n) is 14.9.